The normalized spacial score (nSPS) is 21.9. The summed E-state index contributed by atoms with van der Waals surface area (Å²) in [6.07, 6.45) is 4.51. The molecule has 2 heterocycles. The third kappa shape index (κ3) is 7.00. The molecule has 1 aliphatic carbocycles. The maximum atomic E-state index is 13.4. The maximum Gasteiger partial charge on any atom is 0.252 e. The van der Waals surface area contributed by atoms with E-state index >= 15 is 0 Å². The highest BCUT2D eigenvalue weighted by atomic mass is 32.2. The molecule has 1 aliphatic heterocycles. The van der Waals surface area contributed by atoms with E-state index in [0.29, 0.717) is 23.5 Å². The molecule has 1 aromatic carbocycles. The fraction of sp³-hybridized carbons (Fsp3) is 0.571. The minimum absolute atomic E-state index is 0.00574. The highest BCUT2D eigenvalue weighted by Crippen LogP contribution is 2.31. The molecular formula is C28H39N3O6S2. The lowest BCUT2D eigenvalue weighted by Gasteiger charge is -2.33. The van der Waals surface area contributed by atoms with Crippen molar-refractivity contribution >= 4 is 38.9 Å². The van der Waals surface area contributed by atoms with Crippen LogP contribution in [0.25, 0.3) is 0 Å². The van der Waals surface area contributed by atoms with Gasteiger partial charge in [-0.3, -0.25) is 9.59 Å². The van der Waals surface area contributed by atoms with Crippen molar-refractivity contribution in [2.75, 3.05) is 32.1 Å². The second-order valence-electron chi connectivity index (χ2n) is 10.8. The van der Waals surface area contributed by atoms with Gasteiger partial charge in [-0.15, -0.1) is 11.3 Å². The molecule has 2 aromatic rings. The van der Waals surface area contributed by atoms with Gasteiger partial charge in [-0.25, -0.2) is 8.42 Å². The Hall–Kier alpha value is -2.47. The van der Waals surface area contributed by atoms with Crippen LogP contribution in [-0.4, -0.2) is 73.4 Å². The summed E-state index contributed by atoms with van der Waals surface area (Å²) >= 11 is 1.16. The second-order valence-corrected chi connectivity index (χ2v) is 14.0. The number of thiophene rings is 1. The van der Waals surface area contributed by atoms with E-state index in [4.69, 9.17) is 4.74 Å². The monoisotopic (exact) mass is 577 g/mol. The summed E-state index contributed by atoms with van der Waals surface area (Å²) in [6.45, 7) is 3.90. The molecule has 9 nitrogen and oxygen atoms in total. The number of nitrogens with zero attached hydrogens (tertiary/aromatic N) is 2. The smallest absolute Gasteiger partial charge is 0.252 e. The van der Waals surface area contributed by atoms with Crippen LogP contribution in [0.3, 0.4) is 0 Å². The number of hydrogen-bond acceptors (Lipinski definition) is 7. The average Bonchev–Trinajstić information content (AvgIpc) is 3.49. The predicted molar refractivity (Wildman–Crippen MR) is 151 cm³/mol. The number of benzene rings is 1. The minimum atomic E-state index is -3.70. The van der Waals surface area contributed by atoms with Gasteiger partial charge in [0.05, 0.1) is 25.6 Å². The van der Waals surface area contributed by atoms with Crippen molar-refractivity contribution in [3.63, 3.8) is 0 Å². The SMILES string of the molecule is C[C@H]1CN([C@@H](C)CO)C(=O)Cc2cc(NC(=O)C3CCCCC3)ccc2O[C@@H]1CN(C)S(=O)(=O)c1cccs1. The number of carbonyl (C=O) groups is 2. The van der Waals surface area contributed by atoms with Crippen LogP contribution in [-0.2, 0) is 26.0 Å². The molecule has 11 heteroatoms. The lowest BCUT2D eigenvalue weighted by atomic mass is 9.88. The zero-order chi connectivity index (χ0) is 28.2. The molecule has 1 fully saturated rings. The molecule has 0 unspecified atom stereocenters. The molecule has 3 atom stereocenters. The lowest BCUT2D eigenvalue weighted by Crippen LogP contribution is -2.48. The van der Waals surface area contributed by atoms with Gasteiger partial charge in [0, 0.05) is 36.7 Å². The van der Waals surface area contributed by atoms with Crippen LogP contribution in [0.15, 0.2) is 39.9 Å². The number of rotatable bonds is 8. The summed E-state index contributed by atoms with van der Waals surface area (Å²) in [6, 6.07) is 8.15. The van der Waals surface area contributed by atoms with Crippen LogP contribution in [0, 0.1) is 11.8 Å². The Morgan fingerprint density at radius 3 is 2.67 bits per heavy atom. The number of carbonyl (C=O) groups excluding carboxylic acids is 2. The average molecular weight is 578 g/mol. The van der Waals surface area contributed by atoms with Gasteiger partial charge in [-0.2, -0.15) is 4.31 Å². The van der Waals surface area contributed by atoms with Gasteiger partial charge in [0.25, 0.3) is 10.0 Å². The predicted octanol–water partition coefficient (Wildman–Crippen LogP) is 3.74. The Morgan fingerprint density at radius 2 is 2.00 bits per heavy atom. The third-order valence-electron chi connectivity index (χ3n) is 7.76. The van der Waals surface area contributed by atoms with E-state index in [0.717, 1.165) is 43.4 Å². The number of fused-ring (bicyclic) bond motifs is 1. The van der Waals surface area contributed by atoms with Gasteiger partial charge in [0.15, 0.2) is 0 Å². The number of ether oxygens (including phenoxy) is 1. The van der Waals surface area contributed by atoms with Crippen molar-refractivity contribution in [1.82, 2.24) is 9.21 Å². The van der Waals surface area contributed by atoms with Crippen LogP contribution in [0.1, 0.15) is 51.5 Å². The number of anilines is 1. The summed E-state index contributed by atoms with van der Waals surface area (Å²) in [5.74, 6) is 0.0715. The minimum Gasteiger partial charge on any atom is -0.488 e. The van der Waals surface area contributed by atoms with Crippen LogP contribution >= 0.6 is 11.3 Å². The number of nitrogens with one attached hydrogen (secondary N) is 1. The first-order chi connectivity index (χ1) is 18.6. The first kappa shape index (κ1) is 29.5. The zero-order valence-corrected chi connectivity index (χ0v) is 24.5. The van der Waals surface area contributed by atoms with E-state index in [1.54, 1.807) is 47.5 Å². The van der Waals surface area contributed by atoms with Crippen molar-refractivity contribution in [3.8, 4) is 5.75 Å². The Kier molecular flexibility index (Phi) is 9.69. The molecule has 2 aliphatic rings. The van der Waals surface area contributed by atoms with E-state index in [1.165, 1.54) is 11.4 Å². The molecule has 0 saturated heterocycles. The van der Waals surface area contributed by atoms with Crippen molar-refractivity contribution < 1.29 is 27.9 Å². The summed E-state index contributed by atoms with van der Waals surface area (Å²) in [4.78, 5) is 27.9. The van der Waals surface area contributed by atoms with Crippen LogP contribution in [0.2, 0.25) is 0 Å². The summed E-state index contributed by atoms with van der Waals surface area (Å²) in [5.41, 5.74) is 1.21. The molecule has 4 rings (SSSR count). The summed E-state index contributed by atoms with van der Waals surface area (Å²) in [7, 11) is -2.17. The fourth-order valence-corrected chi connectivity index (χ4v) is 7.63. The van der Waals surface area contributed by atoms with Crippen molar-refractivity contribution in [2.24, 2.45) is 11.8 Å². The molecule has 1 aromatic heterocycles. The summed E-state index contributed by atoms with van der Waals surface area (Å²) < 4.78 is 34.3. The molecular weight excluding hydrogens is 538 g/mol. The topological polar surface area (TPSA) is 116 Å². The largest absolute Gasteiger partial charge is 0.488 e. The van der Waals surface area contributed by atoms with E-state index < -0.39 is 22.2 Å². The highest BCUT2D eigenvalue weighted by molar-refractivity contribution is 7.91. The lowest BCUT2D eigenvalue weighted by molar-refractivity contribution is -0.134. The zero-order valence-electron chi connectivity index (χ0n) is 22.8. The molecule has 0 bridgehead atoms. The first-order valence-electron chi connectivity index (χ1n) is 13.6. The van der Waals surface area contributed by atoms with E-state index in [1.807, 2.05) is 6.92 Å². The third-order valence-corrected chi connectivity index (χ3v) is 11.0. The van der Waals surface area contributed by atoms with E-state index in [9.17, 15) is 23.1 Å². The Balaban J connectivity index is 1.62. The van der Waals surface area contributed by atoms with E-state index in [2.05, 4.69) is 5.32 Å². The number of amides is 2. The van der Waals surface area contributed by atoms with Gasteiger partial charge in [0.1, 0.15) is 16.1 Å². The van der Waals surface area contributed by atoms with Crippen molar-refractivity contribution in [2.45, 2.75) is 68.7 Å². The molecule has 39 heavy (non-hydrogen) atoms. The maximum absolute atomic E-state index is 13.4. The van der Waals surface area contributed by atoms with Crippen molar-refractivity contribution in [1.29, 1.82) is 0 Å². The number of sulfonamides is 1. The van der Waals surface area contributed by atoms with Crippen LogP contribution < -0.4 is 10.1 Å². The molecule has 2 N–H and O–H groups in total. The standard InChI is InChI=1S/C28H39N3O6S2/c1-19-16-31(20(2)18-32)26(33)15-22-14-23(29-28(34)21-8-5-4-6-9-21)11-12-24(22)37-25(19)17-30(3)39(35,36)27-10-7-13-38-27/h7,10-14,19-21,25,32H,4-6,8-9,15-18H2,1-3H3,(H,29,34)/t19-,20-,25+/m0/s1. The van der Waals surface area contributed by atoms with Crippen molar-refractivity contribution in [3.05, 3.63) is 41.3 Å². The number of aliphatic hydroxyl groups excluding tert-OH is 1. The van der Waals surface area contributed by atoms with Gasteiger partial charge in [-0.05, 0) is 49.4 Å². The van der Waals surface area contributed by atoms with Gasteiger partial charge in [0.2, 0.25) is 11.8 Å². The molecule has 1 saturated carbocycles. The van der Waals surface area contributed by atoms with E-state index in [-0.39, 0.29) is 47.4 Å². The molecule has 2 amide bonds. The molecule has 0 spiro atoms. The number of likely N-dealkylation sites (N-methyl/N-ethyl adjacent to an activating group) is 1. The van der Waals surface area contributed by atoms with Gasteiger partial charge >= 0.3 is 0 Å². The van der Waals surface area contributed by atoms with Crippen LogP contribution in [0.4, 0.5) is 5.69 Å². The Morgan fingerprint density at radius 1 is 1.26 bits per heavy atom. The quantitative estimate of drug-likeness (QED) is 0.494. The Bertz CT molecular complexity index is 1240. The second kappa shape index (κ2) is 12.8. The van der Waals surface area contributed by atoms with Crippen LogP contribution in [0.5, 0.6) is 5.75 Å². The molecule has 214 valence electrons. The first-order valence-corrected chi connectivity index (χ1v) is 15.9. The summed E-state index contributed by atoms with van der Waals surface area (Å²) in [5, 5.41) is 14.6. The Labute approximate surface area is 235 Å². The number of hydrogen-bond donors (Lipinski definition) is 2. The highest BCUT2D eigenvalue weighted by Gasteiger charge is 2.34. The fourth-order valence-electron chi connectivity index (χ4n) is 5.25. The molecule has 0 radical (unpaired) electrons. The number of aliphatic hydroxyl groups is 1. The van der Waals surface area contributed by atoms with Gasteiger partial charge < -0.3 is 20.1 Å². The van der Waals surface area contributed by atoms with Gasteiger partial charge in [-0.1, -0.05) is 32.3 Å².